The van der Waals surface area contributed by atoms with E-state index < -0.39 is 55.4 Å². The summed E-state index contributed by atoms with van der Waals surface area (Å²) in [6, 6.07) is 4.62. The first-order valence-corrected chi connectivity index (χ1v) is 12.0. The van der Waals surface area contributed by atoms with E-state index in [0.29, 0.717) is 11.6 Å². The molecule has 0 radical (unpaired) electrons. The monoisotopic (exact) mass is 506 g/mol. The van der Waals surface area contributed by atoms with Crippen molar-refractivity contribution in [3.63, 3.8) is 0 Å². The summed E-state index contributed by atoms with van der Waals surface area (Å²) in [6.45, 7) is 7.46. The minimum absolute atomic E-state index is 0.167. The predicted octanol–water partition coefficient (Wildman–Crippen LogP) is 3.18. The molecular formula is C23H24F2N4O5S. The van der Waals surface area contributed by atoms with E-state index in [4.69, 9.17) is 4.42 Å². The third-order valence-electron chi connectivity index (χ3n) is 5.83. The van der Waals surface area contributed by atoms with Gasteiger partial charge in [0.1, 0.15) is 28.6 Å². The fourth-order valence-corrected chi connectivity index (χ4v) is 5.27. The zero-order chi connectivity index (χ0) is 26.3. The van der Waals surface area contributed by atoms with Gasteiger partial charge < -0.3 is 9.52 Å². The number of H-pyrrole nitrogens is 1. The van der Waals surface area contributed by atoms with Crippen molar-refractivity contribution in [1.29, 1.82) is 5.26 Å². The summed E-state index contributed by atoms with van der Waals surface area (Å²) in [6.07, 6.45) is 0. The summed E-state index contributed by atoms with van der Waals surface area (Å²) >= 11 is 0. The lowest BCUT2D eigenvalue weighted by atomic mass is 9.88. The second-order valence-corrected chi connectivity index (χ2v) is 10.4. The van der Waals surface area contributed by atoms with Crippen molar-refractivity contribution in [2.75, 3.05) is 0 Å². The fraction of sp³-hybridized carbons (Fsp3) is 0.348. The molecule has 0 aliphatic carbocycles. The van der Waals surface area contributed by atoms with Crippen LogP contribution in [-0.4, -0.2) is 23.7 Å². The number of nitrogens with one attached hydrogen (secondary N) is 2. The van der Waals surface area contributed by atoms with E-state index >= 15 is 0 Å². The summed E-state index contributed by atoms with van der Waals surface area (Å²) in [5, 5.41) is 25.5. The summed E-state index contributed by atoms with van der Waals surface area (Å²) < 4.78 is 63.5. The highest BCUT2D eigenvalue weighted by Gasteiger charge is 2.35. The van der Waals surface area contributed by atoms with Gasteiger partial charge in [-0.2, -0.15) is 9.98 Å². The summed E-state index contributed by atoms with van der Waals surface area (Å²) in [7, 11) is -4.62. The Kier molecular flexibility index (Phi) is 6.99. The SMILES string of the molecule is Cc1ccc(F)c([C@@H](C)[C@H](NS(=O)(=O)c2cc(C(C)(C)O)c(F)cc2C#N)c2n[nH]c(=O)o2)c1C. The summed E-state index contributed by atoms with van der Waals surface area (Å²) in [4.78, 5) is 11.0. The number of sulfonamides is 1. The Morgan fingerprint density at radius 1 is 1.23 bits per heavy atom. The first-order chi connectivity index (χ1) is 16.2. The third kappa shape index (κ3) is 5.17. The van der Waals surface area contributed by atoms with Crippen LogP contribution in [0.2, 0.25) is 0 Å². The Morgan fingerprint density at radius 2 is 1.89 bits per heavy atom. The number of halogens is 2. The molecule has 2 atom stereocenters. The zero-order valence-electron chi connectivity index (χ0n) is 19.6. The van der Waals surface area contributed by atoms with Gasteiger partial charge in [-0.3, -0.25) is 0 Å². The van der Waals surface area contributed by atoms with E-state index in [1.807, 2.05) is 5.10 Å². The Balaban J connectivity index is 2.19. The van der Waals surface area contributed by atoms with Crippen LogP contribution in [0.25, 0.3) is 0 Å². The van der Waals surface area contributed by atoms with E-state index in [2.05, 4.69) is 9.82 Å². The van der Waals surface area contributed by atoms with Crippen LogP contribution in [0.3, 0.4) is 0 Å². The van der Waals surface area contributed by atoms with Crippen LogP contribution >= 0.6 is 0 Å². The number of aromatic amines is 1. The minimum Gasteiger partial charge on any atom is -0.391 e. The molecule has 0 unspecified atom stereocenters. The van der Waals surface area contributed by atoms with E-state index in [0.717, 1.165) is 11.6 Å². The van der Waals surface area contributed by atoms with E-state index in [1.54, 1.807) is 26.0 Å². The average molecular weight is 507 g/mol. The van der Waals surface area contributed by atoms with Gasteiger partial charge in [-0.05, 0) is 62.6 Å². The van der Waals surface area contributed by atoms with E-state index in [1.165, 1.54) is 26.8 Å². The fourth-order valence-electron chi connectivity index (χ4n) is 3.83. The molecule has 2 aromatic carbocycles. The topological polar surface area (TPSA) is 149 Å². The molecule has 0 aliphatic heterocycles. The molecule has 0 saturated carbocycles. The molecule has 0 fully saturated rings. The van der Waals surface area contributed by atoms with Crippen molar-refractivity contribution >= 4 is 10.0 Å². The van der Waals surface area contributed by atoms with Crippen LogP contribution in [-0.2, 0) is 15.6 Å². The third-order valence-corrected chi connectivity index (χ3v) is 7.31. The van der Waals surface area contributed by atoms with Gasteiger partial charge in [-0.1, -0.05) is 13.0 Å². The molecule has 35 heavy (non-hydrogen) atoms. The van der Waals surface area contributed by atoms with E-state index in [-0.39, 0.29) is 17.0 Å². The highest BCUT2D eigenvalue weighted by molar-refractivity contribution is 7.89. The molecule has 3 N–H and O–H groups in total. The van der Waals surface area contributed by atoms with Gasteiger partial charge >= 0.3 is 5.76 Å². The molecule has 0 bridgehead atoms. The highest BCUT2D eigenvalue weighted by atomic mass is 32.2. The van der Waals surface area contributed by atoms with E-state index in [9.17, 15) is 32.4 Å². The summed E-state index contributed by atoms with van der Waals surface area (Å²) in [5.74, 6) is -3.83. The molecule has 1 heterocycles. The number of hydrogen-bond acceptors (Lipinski definition) is 7. The normalized spacial score (nSPS) is 13.9. The van der Waals surface area contributed by atoms with Gasteiger partial charge in [0.15, 0.2) is 0 Å². The number of benzene rings is 2. The number of rotatable bonds is 7. The molecule has 0 spiro atoms. The molecule has 0 saturated heterocycles. The Bertz CT molecular complexity index is 1480. The maximum absolute atomic E-state index is 14.9. The smallest absolute Gasteiger partial charge is 0.391 e. The summed E-state index contributed by atoms with van der Waals surface area (Å²) in [5.41, 5.74) is -1.16. The van der Waals surface area contributed by atoms with Crippen LogP contribution in [0.5, 0.6) is 0 Å². The van der Waals surface area contributed by atoms with Gasteiger partial charge in [0.05, 0.1) is 11.2 Å². The Hall–Kier alpha value is -3.40. The lowest BCUT2D eigenvalue weighted by Gasteiger charge is -2.26. The minimum atomic E-state index is -4.62. The van der Waals surface area contributed by atoms with Crippen LogP contribution < -0.4 is 10.5 Å². The molecule has 3 aromatic rings. The van der Waals surface area contributed by atoms with Crippen LogP contribution in [0, 0.1) is 36.8 Å². The first kappa shape index (κ1) is 26.2. The van der Waals surface area contributed by atoms with Crippen LogP contribution in [0.15, 0.2) is 38.4 Å². The maximum Gasteiger partial charge on any atom is 0.434 e. The first-order valence-electron chi connectivity index (χ1n) is 10.5. The van der Waals surface area contributed by atoms with Crippen molar-refractivity contribution in [2.45, 2.75) is 57.1 Å². The van der Waals surface area contributed by atoms with Crippen molar-refractivity contribution in [2.24, 2.45) is 0 Å². The van der Waals surface area contributed by atoms with Crippen LogP contribution in [0.1, 0.15) is 66.4 Å². The zero-order valence-corrected chi connectivity index (χ0v) is 20.4. The molecule has 0 amide bonds. The molecule has 1 aromatic heterocycles. The molecule has 3 rings (SSSR count). The largest absolute Gasteiger partial charge is 0.434 e. The van der Waals surface area contributed by atoms with Gasteiger partial charge in [-0.15, -0.1) is 5.10 Å². The highest BCUT2D eigenvalue weighted by Crippen LogP contribution is 2.36. The van der Waals surface area contributed by atoms with Gasteiger partial charge in [0, 0.05) is 11.5 Å². The Morgan fingerprint density at radius 3 is 2.43 bits per heavy atom. The average Bonchev–Trinajstić information content (AvgIpc) is 3.19. The quantitative estimate of drug-likeness (QED) is 0.445. The number of aromatic nitrogens is 2. The van der Waals surface area contributed by atoms with Gasteiger partial charge in [0.2, 0.25) is 15.9 Å². The number of aryl methyl sites for hydroxylation is 1. The van der Waals surface area contributed by atoms with Crippen molar-refractivity contribution in [3.8, 4) is 6.07 Å². The van der Waals surface area contributed by atoms with Gasteiger partial charge in [0.25, 0.3) is 0 Å². The maximum atomic E-state index is 14.9. The molecule has 0 aliphatic rings. The number of nitrogens with zero attached hydrogens (tertiary/aromatic N) is 2. The second-order valence-electron chi connectivity index (χ2n) is 8.74. The Labute approximate surface area is 200 Å². The van der Waals surface area contributed by atoms with Crippen LogP contribution in [0.4, 0.5) is 8.78 Å². The number of aliphatic hydroxyl groups is 1. The lowest BCUT2D eigenvalue weighted by Crippen LogP contribution is -2.33. The number of nitriles is 1. The standard InChI is InChI=1S/C23H24F2N4O5S/c1-11-6-7-16(24)19(12(11)2)13(3)20(21-27-28-22(30)34-21)29-35(32,33)18-9-15(23(4,5)31)17(25)8-14(18)10-26/h6-9,13,20,29,31H,1-5H3,(H,28,30)/t13-,20+/m1/s1. The lowest BCUT2D eigenvalue weighted by molar-refractivity contribution is 0.0743. The van der Waals surface area contributed by atoms with Gasteiger partial charge in [-0.25, -0.2) is 27.1 Å². The molecule has 12 heteroatoms. The van der Waals surface area contributed by atoms with Crippen molar-refractivity contribution in [3.05, 3.63) is 80.2 Å². The van der Waals surface area contributed by atoms with Crippen molar-refractivity contribution < 1.29 is 26.7 Å². The molecule has 9 nitrogen and oxygen atoms in total. The van der Waals surface area contributed by atoms with Crippen molar-refractivity contribution in [1.82, 2.24) is 14.9 Å². The number of hydrogen-bond donors (Lipinski definition) is 3. The molecular weight excluding hydrogens is 482 g/mol. The molecule has 186 valence electrons. The second kappa shape index (κ2) is 9.33. The predicted molar refractivity (Wildman–Crippen MR) is 121 cm³/mol.